The third-order valence-corrected chi connectivity index (χ3v) is 6.76. The molecule has 0 saturated heterocycles. The normalized spacial score (nSPS) is 10.5. The first kappa shape index (κ1) is 23.7. The molecule has 4 rings (SSSR count). The lowest BCUT2D eigenvalue weighted by Gasteiger charge is -2.26. The fraction of sp³-hybridized carbons (Fsp3) is 0.143. The molecule has 0 amide bonds. The van der Waals surface area contributed by atoms with E-state index in [0.717, 1.165) is 22.4 Å². The molecule has 6 heteroatoms. The van der Waals surface area contributed by atoms with Crippen molar-refractivity contribution in [2.45, 2.75) is 19.5 Å². The average Bonchev–Trinajstić information content (AvgIpc) is 3.26. The standard InChI is InChI=1S/C28H26N2O2S2/c1-32-27(31)25-18-24(17-21-11-5-2-6-12-21)34-26(25)29-28(33)30(19-22-13-7-3-8-14-22)20-23-15-9-4-10-16-23/h2-16,18H,17,19-20H2,1H3,(H,29,33). The first-order valence-electron chi connectivity index (χ1n) is 11.0. The minimum Gasteiger partial charge on any atom is -0.465 e. The van der Waals surface area contributed by atoms with Crippen LogP contribution in [0.25, 0.3) is 0 Å². The zero-order valence-electron chi connectivity index (χ0n) is 18.9. The van der Waals surface area contributed by atoms with Gasteiger partial charge in [-0.1, -0.05) is 91.0 Å². The number of ether oxygens (including phenoxy) is 1. The van der Waals surface area contributed by atoms with Gasteiger partial charge in [0.1, 0.15) is 5.00 Å². The molecule has 4 aromatic rings. The molecule has 0 atom stereocenters. The molecule has 0 aliphatic rings. The van der Waals surface area contributed by atoms with Crippen molar-refractivity contribution >= 4 is 39.6 Å². The van der Waals surface area contributed by atoms with Gasteiger partial charge in [-0.05, 0) is 35.0 Å². The van der Waals surface area contributed by atoms with Gasteiger partial charge in [0.05, 0.1) is 12.7 Å². The molecule has 0 radical (unpaired) electrons. The van der Waals surface area contributed by atoms with Gasteiger partial charge in [0.15, 0.2) is 5.11 Å². The number of methoxy groups -OCH3 is 1. The number of hydrogen-bond acceptors (Lipinski definition) is 4. The first-order valence-corrected chi connectivity index (χ1v) is 12.2. The second kappa shape index (κ2) is 11.6. The largest absolute Gasteiger partial charge is 0.465 e. The van der Waals surface area contributed by atoms with Crippen LogP contribution in [0, 0.1) is 0 Å². The lowest BCUT2D eigenvalue weighted by molar-refractivity contribution is 0.0602. The average molecular weight is 487 g/mol. The van der Waals surface area contributed by atoms with Gasteiger partial charge in [-0.15, -0.1) is 11.3 Å². The summed E-state index contributed by atoms with van der Waals surface area (Å²) < 4.78 is 5.04. The van der Waals surface area contributed by atoms with E-state index in [1.807, 2.05) is 60.7 Å². The Morgan fingerprint density at radius 3 is 1.85 bits per heavy atom. The Labute approximate surface area is 209 Å². The van der Waals surface area contributed by atoms with E-state index < -0.39 is 0 Å². The van der Waals surface area contributed by atoms with Crippen molar-refractivity contribution in [2.24, 2.45) is 0 Å². The zero-order chi connectivity index (χ0) is 23.8. The van der Waals surface area contributed by atoms with Crippen LogP contribution in [0.4, 0.5) is 5.00 Å². The predicted octanol–water partition coefficient (Wildman–Crippen LogP) is 6.52. The summed E-state index contributed by atoms with van der Waals surface area (Å²) in [6.07, 6.45) is 0.738. The molecule has 34 heavy (non-hydrogen) atoms. The van der Waals surface area contributed by atoms with E-state index in [1.165, 1.54) is 24.0 Å². The van der Waals surface area contributed by atoms with Crippen LogP contribution in [-0.2, 0) is 24.2 Å². The second-order valence-electron chi connectivity index (χ2n) is 7.87. The number of esters is 1. The van der Waals surface area contributed by atoms with Crippen molar-refractivity contribution in [3.8, 4) is 0 Å². The van der Waals surface area contributed by atoms with Crippen LogP contribution in [-0.4, -0.2) is 23.1 Å². The summed E-state index contributed by atoms with van der Waals surface area (Å²) in [6, 6.07) is 32.5. The number of thiocarbonyl (C=S) groups is 1. The third kappa shape index (κ3) is 6.31. The molecule has 0 bridgehead atoms. The molecule has 0 saturated carbocycles. The molecule has 4 nitrogen and oxygen atoms in total. The van der Waals surface area contributed by atoms with Crippen molar-refractivity contribution in [3.05, 3.63) is 124 Å². The molecule has 0 unspecified atom stereocenters. The van der Waals surface area contributed by atoms with Gasteiger partial charge in [-0.25, -0.2) is 4.79 Å². The molecule has 1 aromatic heterocycles. The summed E-state index contributed by atoms with van der Waals surface area (Å²) in [5.41, 5.74) is 4.00. The lowest BCUT2D eigenvalue weighted by atomic mass is 10.1. The van der Waals surface area contributed by atoms with Crippen molar-refractivity contribution in [1.29, 1.82) is 0 Å². The summed E-state index contributed by atoms with van der Waals surface area (Å²) >= 11 is 7.38. The Kier molecular flexibility index (Phi) is 8.07. The van der Waals surface area contributed by atoms with E-state index in [0.29, 0.717) is 28.8 Å². The molecule has 1 heterocycles. The fourth-order valence-electron chi connectivity index (χ4n) is 3.66. The maximum absolute atomic E-state index is 12.5. The van der Waals surface area contributed by atoms with E-state index in [1.54, 1.807) is 0 Å². The highest BCUT2D eigenvalue weighted by Crippen LogP contribution is 2.31. The Bertz CT molecular complexity index is 1180. The Hall–Kier alpha value is -3.48. The third-order valence-electron chi connectivity index (χ3n) is 5.35. The van der Waals surface area contributed by atoms with Crippen molar-refractivity contribution in [2.75, 3.05) is 12.4 Å². The highest BCUT2D eigenvalue weighted by atomic mass is 32.1. The number of nitrogens with zero attached hydrogens (tertiary/aromatic N) is 1. The predicted molar refractivity (Wildman–Crippen MR) is 143 cm³/mol. The van der Waals surface area contributed by atoms with Crippen molar-refractivity contribution in [1.82, 2.24) is 4.90 Å². The van der Waals surface area contributed by atoms with Gasteiger partial charge in [-0.3, -0.25) is 0 Å². The summed E-state index contributed by atoms with van der Waals surface area (Å²) in [6.45, 7) is 1.30. The van der Waals surface area contributed by atoms with Crippen LogP contribution < -0.4 is 5.32 Å². The Balaban J connectivity index is 1.58. The van der Waals surface area contributed by atoms with Crippen LogP contribution in [0.2, 0.25) is 0 Å². The fourth-order valence-corrected chi connectivity index (χ4v) is 5.04. The highest BCUT2D eigenvalue weighted by molar-refractivity contribution is 7.80. The van der Waals surface area contributed by atoms with Crippen LogP contribution in [0.3, 0.4) is 0 Å². The number of thiophene rings is 1. The molecular formula is C28H26N2O2S2. The SMILES string of the molecule is COC(=O)c1cc(Cc2ccccc2)sc1NC(=S)N(Cc1ccccc1)Cc1ccccc1. The second-order valence-corrected chi connectivity index (χ2v) is 9.39. The number of rotatable bonds is 8. The summed E-state index contributed by atoms with van der Waals surface area (Å²) in [4.78, 5) is 15.7. The molecule has 172 valence electrons. The zero-order valence-corrected chi connectivity index (χ0v) is 20.6. The van der Waals surface area contributed by atoms with E-state index in [9.17, 15) is 4.79 Å². The van der Waals surface area contributed by atoms with Gasteiger partial charge in [0.25, 0.3) is 0 Å². The van der Waals surface area contributed by atoms with Gasteiger partial charge in [0, 0.05) is 24.4 Å². The topological polar surface area (TPSA) is 41.6 Å². The first-order chi connectivity index (χ1) is 16.6. The number of anilines is 1. The number of nitrogens with one attached hydrogen (secondary N) is 1. The quantitative estimate of drug-likeness (QED) is 0.227. The molecule has 0 aliphatic carbocycles. The summed E-state index contributed by atoms with van der Waals surface area (Å²) in [5, 5.41) is 4.61. The van der Waals surface area contributed by atoms with E-state index >= 15 is 0 Å². The van der Waals surface area contributed by atoms with Crippen LogP contribution in [0.5, 0.6) is 0 Å². The molecular weight excluding hydrogens is 460 g/mol. The van der Waals surface area contributed by atoms with Gasteiger partial charge < -0.3 is 15.0 Å². The minimum absolute atomic E-state index is 0.376. The van der Waals surface area contributed by atoms with Gasteiger partial charge >= 0.3 is 5.97 Å². The van der Waals surface area contributed by atoms with E-state index in [4.69, 9.17) is 17.0 Å². The van der Waals surface area contributed by atoms with Gasteiger partial charge in [0.2, 0.25) is 0 Å². The maximum Gasteiger partial charge on any atom is 0.340 e. The van der Waals surface area contributed by atoms with Crippen LogP contribution >= 0.6 is 23.6 Å². The van der Waals surface area contributed by atoms with Gasteiger partial charge in [-0.2, -0.15) is 0 Å². The van der Waals surface area contributed by atoms with E-state index in [2.05, 4.69) is 46.6 Å². The van der Waals surface area contributed by atoms with E-state index in [-0.39, 0.29) is 5.97 Å². The molecule has 0 aliphatic heterocycles. The van der Waals surface area contributed by atoms with Crippen LogP contribution in [0.15, 0.2) is 97.1 Å². The smallest absolute Gasteiger partial charge is 0.340 e. The number of hydrogen-bond donors (Lipinski definition) is 1. The molecule has 0 spiro atoms. The molecule has 3 aromatic carbocycles. The highest BCUT2D eigenvalue weighted by Gasteiger charge is 2.20. The van der Waals surface area contributed by atoms with Crippen molar-refractivity contribution < 1.29 is 9.53 Å². The van der Waals surface area contributed by atoms with Crippen molar-refractivity contribution in [3.63, 3.8) is 0 Å². The number of carbonyl (C=O) groups is 1. The minimum atomic E-state index is -0.376. The Morgan fingerprint density at radius 2 is 1.35 bits per heavy atom. The monoisotopic (exact) mass is 486 g/mol. The lowest BCUT2D eigenvalue weighted by Crippen LogP contribution is -2.34. The number of carbonyl (C=O) groups excluding carboxylic acids is 1. The summed E-state index contributed by atoms with van der Waals surface area (Å²) in [7, 11) is 1.40. The molecule has 1 N–H and O–H groups in total. The summed E-state index contributed by atoms with van der Waals surface area (Å²) in [5.74, 6) is -0.376. The maximum atomic E-state index is 12.5. The number of benzene rings is 3. The Morgan fingerprint density at radius 1 is 0.853 bits per heavy atom. The molecule has 0 fully saturated rings. The van der Waals surface area contributed by atoms with Crippen LogP contribution in [0.1, 0.15) is 31.9 Å².